The number of halogens is 1. The number of methoxy groups -OCH3 is 1. The molecule has 0 saturated carbocycles. The Labute approximate surface area is 200 Å². The molecule has 4 aromatic rings. The second-order valence-corrected chi connectivity index (χ2v) is 8.79. The van der Waals surface area contributed by atoms with Crippen LogP contribution >= 0.6 is 23.4 Å². The maximum Gasteiger partial charge on any atom is 0.266 e. The van der Waals surface area contributed by atoms with Crippen LogP contribution in [0.1, 0.15) is 11.1 Å². The number of thioether (sulfide) groups is 1. The van der Waals surface area contributed by atoms with Crippen molar-refractivity contribution in [2.75, 3.05) is 12.9 Å². The standard InChI is InChI=1S/C25H22ClN3O3S/c1-16-6-5-8-19(12-16)29-24(31)20-11-10-18(26)13-21(20)28-25(29)33-15-23(30)27-14-17-7-3-4-9-22(17)32-2/h3-13H,14-15H2,1-2H3,(H,27,30). The van der Waals surface area contributed by atoms with Crippen molar-refractivity contribution in [2.24, 2.45) is 0 Å². The summed E-state index contributed by atoms with van der Waals surface area (Å²) in [6.07, 6.45) is 0. The molecule has 0 bridgehead atoms. The molecule has 6 nitrogen and oxygen atoms in total. The Hall–Kier alpha value is -3.29. The Bertz CT molecular complexity index is 1390. The molecule has 8 heteroatoms. The first-order valence-corrected chi connectivity index (χ1v) is 11.6. The number of carbonyl (C=O) groups excluding carboxylic acids is 1. The molecule has 0 atom stereocenters. The van der Waals surface area contributed by atoms with Gasteiger partial charge in [-0.3, -0.25) is 14.2 Å². The van der Waals surface area contributed by atoms with Crippen LogP contribution in [-0.4, -0.2) is 28.3 Å². The lowest BCUT2D eigenvalue weighted by Crippen LogP contribution is -2.26. The van der Waals surface area contributed by atoms with Gasteiger partial charge >= 0.3 is 0 Å². The lowest BCUT2D eigenvalue weighted by atomic mass is 10.2. The lowest BCUT2D eigenvalue weighted by Gasteiger charge is -2.14. The zero-order chi connectivity index (χ0) is 23.4. The summed E-state index contributed by atoms with van der Waals surface area (Å²) in [6.45, 7) is 2.30. The molecule has 1 aromatic heterocycles. The predicted molar refractivity (Wildman–Crippen MR) is 133 cm³/mol. The average Bonchev–Trinajstić information content (AvgIpc) is 2.81. The summed E-state index contributed by atoms with van der Waals surface area (Å²) >= 11 is 7.32. The summed E-state index contributed by atoms with van der Waals surface area (Å²) in [4.78, 5) is 30.6. The van der Waals surface area contributed by atoms with Crippen LogP contribution in [0.25, 0.3) is 16.6 Å². The van der Waals surface area contributed by atoms with Gasteiger partial charge in [0.05, 0.1) is 29.5 Å². The van der Waals surface area contributed by atoms with Crippen molar-refractivity contribution >= 4 is 40.2 Å². The van der Waals surface area contributed by atoms with Crippen molar-refractivity contribution in [3.8, 4) is 11.4 Å². The number of fused-ring (bicyclic) bond motifs is 1. The number of benzene rings is 3. The van der Waals surface area contributed by atoms with E-state index in [4.69, 9.17) is 16.3 Å². The van der Waals surface area contributed by atoms with Crippen LogP contribution in [0.5, 0.6) is 5.75 Å². The van der Waals surface area contributed by atoms with Crippen LogP contribution in [-0.2, 0) is 11.3 Å². The van der Waals surface area contributed by atoms with Crippen molar-refractivity contribution in [1.82, 2.24) is 14.9 Å². The molecular formula is C25H22ClN3O3S. The Balaban J connectivity index is 1.61. The van der Waals surface area contributed by atoms with Gasteiger partial charge in [-0.15, -0.1) is 0 Å². The van der Waals surface area contributed by atoms with Crippen LogP contribution in [0, 0.1) is 6.92 Å². The number of para-hydroxylation sites is 1. The number of nitrogens with one attached hydrogen (secondary N) is 1. The molecule has 0 aliphatic heterocycles. The third-order valence-corrected chi connectivity index (χ3v) is 6.24. The Morgan fingerprint density at radius 1 is 1.12 bits per heavy atom. The molecular weight excluding hydrogens is 458 g/mol. The SMILES string of the molecule is COc1ccccc1CNC(=O)CSc1nc2cc(Cl)ccc2c(=O)n1-c1cccc(C)c1. The van der Waals surface area contributed by atoms with E-state index < -0.39 is 0 Å². The number of rotatable bonds is 7. The van der Waals surface area contributed by atoms with E-state index in [2.05, 4.69) is 10.3 Å². The van der Waals surface area contributed by atoms with Crippen molar-refractivity contribution in [1.29, 1.82) is 0 Å². The molecule has 0 fully saturated rings. The van der Waals surface area contributed by atoms with E-state index in [9.17, 15) is 9.59 Å². The number of hydrogen-bond acceptors (Lipinski definition) is 5. The molecule has 4 rings (SSSR count). The molecule has 0 unspecified atom stereocenters. The summed E-state index contributed by atoms with van der Waals surface area (Å²) < 4.78 is 6.87. The average molecular weight is 480 g/mol. The summed E-state index contributed by atoms with van der Waals surface area (Å²) in [7, 11) is 1.60. The van der Waals surface area contributed by atoms with E-state index in [0.717, 1.165) is 11.1 Å². The predicted octanol–water partition coefficient (Wildman–Crippen LogP) is 4.76. The fraction of sp³-hybridized carbons (Fsp3) is 0.160. The van der Waals surface area contributed by atoms with E-state index in [1.807, 2.05) is 55.5 Å². The second kappa shape index (κ2) is 10.1. The van der Waals surface area contributed by atoms with Gasteiger partial charge in [-0.05, 0) is 48.9 Å². The van der Waals surface area contributed by atoms with Gasteiger partial charge in [-0.25, -0.2) is 4.98 Å². The number of amides is 1. The van der Waals surface area contributed by atoms with Crippen molar-refractivity contribution in [3.63, 3.8) is 0 Å². The highest BCUT2D eigenvalue weighted by molar-refractivity contribution is 7.99. The van der Waals surface area contributed by atoms with Gasteiger partial charge in [-0.2, -0.15) is 0 Å². The van der Waals surface area contributed by atoms with Crippen LogP contribution in [0.15, 0.2) is 76.7 Å². The molecule has 1 heterocycles. The largest absolute Gasteiger partial charge is 0.496 e. The smallest absolute Gasteiger partial charge is 0.266 e. The zero-order valence-electron chi connectivity index (χ0n) is 18.2. The minimum atomic E-state index is -0.209. The molecule has 0 aliphatic rings. The van der Waals surface area contributed by atoms with Gasteiger partial charge in [0.2, 0.25) is 5.91 Å². The van der Waals surface area contributed by atoms with Crippen molar-refractivity contribution in [3.05, 3.63) is 93.2 Å². The fourth-order valence-electron chi connectivity index (χ4n) is 3.45. The summed E-state index contributed by atoms with van der Waals surface area (Å²) in [5.74, 6) is 0.633. The number of aromatic nitrogens is 2. The highest BCUT2D eigenvalue weighted by atomic mass is 35.5. The summed E-state index contributed by atoms with van der Waals surface area (Å²) in [5, 5.41) is 4.28. The van der Waals surface area contributed by atoms with Crippen molar-refractivity contribution < 1.29 is 9.53 Å². The number of aryl methyl sites for hydroxylation is 1. The Kier molecular flexibility index (Phi) is 7.01. The first-order chi connectivity index (χ1) is 16.0. The van der Waals surface area contributed by atoms with Gasteiger partial charge in [0.15, 0.2) is 5.16 Å². The summed E-state index contributed by atoms with van der Waals surface area (Å²) in [6, 6.07) is 20.1. The monoisotopic (exact) mass is 479 g/mol. The Morgan fingerprint density at radius 2 is 1.94 bits per heavy atom. The molecule has 1 N–H and O–H groups in total. The van der Waals surface area contributed by atoms with Crippen LogP contribution < -0.4 is 15.6 Å². The van der Waals surface area contributed by atoms with Gasteiger partial charge < -0.3 is 10.1 Å². The molecule has 1 amide bonds. The minimum Gasteiger partial charge on any atom is -0.496 e. The van der Waals surface area contributed by atoms with E-state index >= 15 is 0 Å². The number of ether oxygens (including phenoxy) is 1. The van der Waals surface area contributed by atoms with Crippen LogP contribution in [0.3, 0.4) is 0 Å². The Morgan fingerprint density at radius 3 is 2.73 bits per heavy atom. The van der Waals surface area contributed by atoms with E-state index in [-0.39, 0.29) is 17.2 Å². The lowest BCUT2D eigenvalue weighted by molar-refractivity contribution is -0.118. The normalized spacial score (nSPS) is 10.9. The highest BCUT2D eigenvalue weighted by Gasteiger charge is 2.15. The molecule has 168 valence electrons. The summed E-state index contributed by atoms with van der Waals surface area (Å²) in [5.41, 5.74) is 2.88. The van der Waals surface area contributed by atoms with Crippen molar-refractivity contribution in [2.45, 2.75) is 18.6 Å². The van der Waals surface area contributed by atoms with Crippen LogP contribution in [0.4, 0.5) is 0 Å². The topological polar surface area (TPSA) is 73.2 Å². The molecule has 0 spiro atoms. The van der Waals surface area contributed by atoms with Crippen LogP contribution in [0.2, 0.25) is 5.02 Å². The number of nitrogens with zero attached hydrogens (tertiary/aromatic N) is 2. The van der Waals surface area contributed by atoms with Gasteiger partial charge in [0.25, 0.3) is 5.56 Å². The van der Waals surface area contributed by atoms with Gasteiger partial charge in [0, 0.05) is 17.1 Å². The first kappa shape index (κ1) is 22.9. The first-order valence-electron chi connectivity index (χ1n) is 10.3. The van der Waals surface area contributed by atoms with Gasteiger partial charge in [0.1, 0.15) is 5.75 Å². The third kappa shape index (κ3) is 5.21. The molecule has 3 aromatic carbocycles. The van der Waals surface area contributed by atoms with E-state index in [0.29, 0.717) is 39.1 Å². The van der Waals surface area contributed by atoms with E-state index in [1.165, 1.54) is 11.8 Å². The second-order valence-electron chi connectivity index (χ2n) is 7.41. The highest BCUT2D eigenvalue weighted by Crippen LogP contribution is 2.24. The van der Waals surface area contributed by atoms with Gasteiger partial charge in [-0.1, -0.05) is 53.7 Å². The zero-order valence-corrected chi connectivity index (χ0v) is 19.7. The molecule has 0 aliphatic carbocycles. The molecule has 33 heavy (non-hydrogen) atoms. The minimum absolute atomic E-state index is 0.0967. The molecule has 0 saturated heterocycles. The number of carbonyl (C=O) groups is 1. The maximum atomic E-state index is 13.4. The maximum absolute atomic E-state index is 13.4. The number of hydrogen-bond donors (Lipinski definition) is 1. The fourth-order valence-corrected chi connectivity index (χ4v) is 4.46. The van der Waals surface area contributed by atoms with E-state index in [1.54, 1.807) is 29.9 Å². The third-order valence-electron chi connectivity index (χ3n) is 5.06. The molecule has 0 radical (unpaired) electrons. The quantitative estimate of drug-likeness (QED) is 0.305.